The molecule has 2 saturated carbocycles. The minimum Gasteiger partial charge on any atom is -0.462 e. The molecule has 174 valence electrons. The molecule has 2 aliphatic rings. The summed E-state index contributed by atoms with van der Waals surface area (Å²) in [6, 6.07) is 1.20. The van der Waals surface area contributed by atoms with Gasteiger partial charge in [0.25, 0.3) is 0 Å². The van der Waals surface area contributed by atoms with E-state index in [1.165, 1.54) is 69.9 Å². The Labute approximate surface area is 194 Å². The van der Waals surface area contributed by atoms with Crippen LogP contribution in [0.25, 0.3) is 0 Å². The topological polar surface area (TPSA) is 55.3 Å². The van der Waals surface area contributed by atoms with Crippen LogP contribution >= 0.6 is 24.8 Å². The highest BCUT2D eigenvalue weighted by atomic mass is 35.5. The number of carbonyl (C=O) groups is 1. The number of ether oxygens (including phenoxy) is 1. The Morgan fingerprint density at radius 2 is 1.47 bits per heavy atom. The zero-order chi connectivity index (χ0) is 19.9. The summed E-state index contributed by atoms with van der Waals surface area (Å²) in [5.41, 5.74) is 4.09. The lowest BCUT2D eigenvalue weighted by Crippen LogP contribution is -2.35. The molecule has 0 atom stereocenters. The Hall–Kier alpha value is -0.750. The zero-order valence-electron chi connectivity index (χ0n) is 18.9. The fourth-order valence-electron chi connectivity index (χ4n) is 4.98. The van der Waals surface area contributed by atoms with Crippen LogP contribution in [0.2, 0.25) is 0 Å². The third-order valence-corrected chi connectivity index (χ3v) is 6.69. The first-order chi connectivity index (χ1) is 13.6. The summed E-state index contributed by atoms with van der Waals surface area (Å²) in [6.45, 7) is 8.02. The number of rotatable bonds is 8. The lowest BCUT2D eigenvalue weighted by Gasteiger charge is -2.26. The standard InChI is InChI=1S/C23H39N3O2.2ClH/c1-4-28-23(27)22-17(2)21(15-24-19-11-7-5-8-12-19)26(18(22)3)16-25-20-13-9-6-10-14-20;;/h19-20,24-25H,4-16H2,1-3H3;2*1H. The summed E-state index contributed by atoms with van der Waals surface area (Å²) in [4.78, 5) is 12.6. The smallest absolute Gasteiger partial charge is 0.340 e. The second-order valence-electron chi connectivity index (χ2n) is 8.59. The Balaban J connectivity index is 0.00000225. The van der Waals surface area contributed by atoms with Gasteiger partial charge in [0.1, 0.15) is 0 Å². The maximum absolute atomic E-state index is 12.6. The van der Waals surface area contributed by atoms with Gasteiger partial charge in [0.05, 0.1) is 18.8 Å². The van der Waals surface area contributed by atoms with Crippen molar-refractivity contribution in [3.63, 3.8) is 0 Å². The summed E-state index contributed by atoms with van der Waals surface area (Å²) < 4.78 is 7.67. The van der Waals surface area contributed by atoms with Crippen molar-refractivity contribution in [3.8, 4) is 0 Å². The molecule has 0 amide bonds. The van der Waals surface area contributed by atoms with Gasteiger partial charge in [0.15, 0.2) is 0 Å². The Bertz CT molecular complexity index is 606. The van der Waals surface area contributed by atoms with Gasteiger partial charge >= 0.3 is 5.97 Å². The van der Waals surface area contributed by atoms with E-state index in [1.807, 2.05) is 6.92 Å². The van der Waals surface area contributed by atoms with Crippen LogP contribution in [0.15, 0.2) is 0 Å². The number of halogens is 2. The monoisotopic (exact) mass is 461 g/mol. The van der Waals surface area contributed by atoms with Gasteiger partial charge in [-0.2, -0.15) is 0 Å². The molecule has 0 aliphatic heterocycles. The van der Waals surface area contributed by atoms with E-state index in [1.54, 1.807) is 0 Å². The molecule has 3 rings (SSSR count). The summed E-state index contributed by atoms with van der Waals surface area (Å²) in [5.74, 6) is -0.187. The van der Waals surface area contributed by atoms with Gasteiger partial charge in [0.2, 0.25) is 0 Å². The van der Waals surface area contributed by atoms with E-state index in [-0.39, 0.29) is 30.8 Å². The van der Waals surface area contributed by atoms with Gasteiger partial charge in [-0.25, -0.2) is 4.79 Å². The van der Waals surface area contributed by atoms with Crippen LogP contribution in [0.5, 0.6) is 0 Å². The lowest BCUT2D eigenvalue weighted by atomic mass is 9.95. The van der Waals surface area contributed by atoms with E-state index in [2.05, 4.69) is 29.0 Å². The third kappa shape index (κ3) is 6.88. The second-order valence-corrected chi connectivity index (χ2v) is 8.59. The minimum atomic E-state index is -0.187. The highest BCUT2D eigenvalue weighted by Gasteiger charge is 2.24. The normalized spacial score (nSPS) is 17.8. The number of nitrogens with one attached hydrogen (secondary N) is 2. The van der Waals surface area contributed by atoms with Crippen molar-refractivity contribution in [2.75, 3.05) is 6.61 Å². The van der Waals surface area contributed by atoms with E-state index in [9.17, 15) is 4.79 Å². The van der Waals surface area contributed by atoms with Crippen molar-refractivity contribution >= 4 is 30.8 Å². The molecule has 7 heteroatoms. The molecular weight excluding hydrogens is 421 g/mol. The zero-order valence-corrected chi connectivity index (χ0v) is 20.6. The molecule has 5 nitrogen and oxygen atoms in total. The van der Waals surface area contributed by atoms with E-state index in [4.69, 9.17) is 4.74 Å². The predicted molar refractivity (Wildman–Crippen MR) is 128 cm³/mol. The van der Waals surface area contributed by atoms with E-state index in [0.29, 0.717) is 18.7 Å². The van der Waals surface area contributed by atoms with Gasteiger partial charge < -0.3 is 14.6 Å². The predicted octanol–water partition coefficient (Wildman–Crippen LogP) is 5.43. The van der Waals surface area contributed by atoms with Gasteiger partial charge in [-0.15, -0.1) is 24.8 Å². The SMILES string of the molecule is CCOC(=O)c1c(C)c(CNC2CCCCC2)n(CNC2CCCCC2)c1C.Cl.Cl. The van der Waals surface area contributed by atoms with Crippen molar-refractivity contribution in [3.05, 3.63) is 22.5 Å². The molecule has 30 heavy (non-hydrogen) atoms. The minimum absolute atomic E-state index is 0. The molecule has 1 heterocycles. The first-order valence-corrected chi connectivity index (χ1v) is 11.4. The highest BCUT2D eigenvalue weighted by molar-refractivity contribution is 5.93. The number of hydrogen-bond acceptors (Lipinski definition) is 4. The molecule has 0 radical (unpaired) electrons. The second kappa shape index (κ2) is 13.6. The van der Waals surface area contributed by atoms with Gasteiger partial charge in [-0.05, 0) is 52.0 Å². The number of esters is 1. The highest BCUT2D eigenvalue weighted by Crippen LogP contribution is 2.25. The summed E-state index contributed by atoms with van der Waals surface area (Å²) in [6.07, 6.45) is 13.1. The van der Waals surface area contributed by atoms with E-state index in [0.717, 1.165) is 30.0 Å². The molecule has 2 fully saturated rings. The molecule has 0 saturated heterocycles. The molecule has 0 spiro atoms. The quantitative estimate of drug-likeness (QED) is 0.506. The molecule has 2 N–H and O–H groups in total. The van der Waals surface area contributed by atoms with Crippen molar-refractivity contribution in [1.29, 1.82) is 0 Å². The first-order valence-electron chi connectivity index (χ1n) is 11.4. The number of carbonyl (C=O) groups excluding carboxylic acids is 1. The average Bonchev–Trinajstić information content (AvgIpc) is 2.95. The van der Waals surface area contributed by atoms with E-state index < -0.39 is 0 Å². The van der Waals surface area contributed by atoms with Crippen molar-refractivity contribution < 1.29 is 9.53 Å². The fraction of sp³-hybridized carbons (Fsp3) is 0.783. The molecule has 1 aromatic heterocycles. The molecule has 1 aromatic rings. The van der Waals surface area contributed by atoms with Crippen molar-refractivity contribution in [2.24, 2.45) is 0 Å². The molecule has 0 bridgehead atoms. The molecule has 2 aliphatic carbocycles. The van der Waals surface area contributed by atoms with E-state index >= 15 is 0 Å². The van der Waals surface area contributed by atoms with Crippen LogP contribution in [0.4, 0.5) is 0 Å². The Kier molecular flexibility index (Phi) is 12.4. The maximum Gasteiger partial charge on any atom is 0.340 e. The van der Waals surface area contributed by atoms with Crippen LogP contribution in [-0.4, -0.2) is 29.2 Å². The van der Waals surface area contributed by atoms with Gasteiger partial charge in [-0.3, -0.25) is 5.32 Å². The number of nitrogens with zero attached hydrogens (tertiary/aromatic N) is 1. The summed E-state index contributed by atoms with van der Waals surface area (Å²) in [7, 11) is 0. The van der Waals surface area contributed by atoms with Crippen LogP contribution in [0.1, 0.15) is 98.4 Å². The summed E-state index contributed by atoms with van der Waals surface area (Å²) in [5, 5.41) is 7.52. The molecule has 0 aromatic carbocycles. The van der Waals surface area contributed by atoms with Gasteiger partial charge in [0, 0.05) is 30.0 Å². The fourth-order valence-corrected chi connectivity index (χ4v) is 4.98. The number of hydrogen-bond donors (Lipinski definition) is 2. The van der Waals surface area contributed by atoms with Gasteiger partial charge in [-0.1, -0.05) is 38.5 Å². The Morgan fingerprint density at radius 3 is 2.00 bits per heavy atom. The van der Waals surface area contributed by atoms with Crippen molar-refractivity contribution in [2.45, 2.75) is 110 Å². The van der Waals surface area contributed by atoms with Crippen LogP contribution in [-0.2, 0) is 18.0 Å². The lowest BCUT2D eigenvalue weighted by molar-refractivity contribution is 0.0524. The van der Waals surface area contributed by atoms with Crippen LogP contribution in [0, 0.1) is 13.8 Å². The third-order valence-electron chi connectivity index (χ3n) is 6.69. The van der Waals surface area contributed by atoms with Crippen molar-refractivity contribution in [1.82, 2.24) is 15.2 Å². The largest absolute Gasteiger partial charge is 0.462 e. The summed E-state index contributed by atoms with van der Waals surface area (Å²) >= 11 is 0. The van der Waals surface area contributed by atoms with Crippen LogP contribution in [0.3, 0.4) is 0 Å². The average molecular weight is 463 g/mol. The molecule has 0 unspecified atom stereocenters. The van der Waals surface area contributed by atoms with Crippen LogP contribution < -0.4 is 10.6 Å². The Morgan fingerprint density at radius 1 is 0.933 bits per heavy atom. The maximum atomic E-state index is 12.6. The molecular formula is C23H41Cl2N3O2. The first kappa shape index (κ1) is 27.3. The number of aromatic nitrogens is 1.